The fourth-order valence-electron chi connectivity index (χ4n) is 4.02. The number of nitrogens with one attached hydrogen (secondary N) is 1. The van der Waals surface area contributed by atoms with Crippen molar-refractivity contribution in [2.45, 2.75) is 84.2 Å². The van der Waals surface area contributed by atoms with Gasteiger partial charge in [0.05, 0.1) is 12.5 Å². The van der Waals surface area contributed by atoms with Crippen LogP contribution in [0.5, 0.6) is 0 Å². The number of ether oxygens (including phenoxy) is 1. The van der Waals surface area contributed by atoms with Gasteiger partial charge in [0, 0.05) is 24.5 Å². The Morgan fingerprint density at radius 1 is 1.10 bits per heavy atom. The van der Waals surface area contributed by atoms with Crippen molar-refractivity contribution in [3.05, 3.63) is 48.2 Å². The van der Waals surface area contributed by atoms with Crippen LogP contribution in [-0.4, -0.2) is 62.2 Å². The number of rotatable bonds is 7. The van der Waals surface area contributed by atoms with E-state index in [1.807, 2.05) is 36.4 Å². The largest absolute Gasteiger partial charge is 0.444 e. The van der Waals surface area contributed by atoms with E-state index in [-0.39, 0.29) is 10.9 Å². The molecule has 1 aromatic heterocycles. The minimum absolute atomic E-state index is 0.0295. The van der Waals surface area contributed by atoms with Crippen LogP contribution in [0, 0.1) is 0 Å². The number of alkyl carbamates (subject to hydrolysis) is 1. The van der Waals surface area contributed by atoms with Crippen molar-refractivity contribution in [3.63, 3.8) is 0 Å². The minimum Gasteiger partial charge on any atom is -0.444 e. The number of benzene rings is 1. The number of aliphatic imine (C=N–C) groups is 1. The Morgan fingerprint density at radius 2 is 1.75 bits per heavy atom. The molecule has 1 aromatic carbocycles. The van der Waals surface area contributed by atoms with Crippen LogP contribution in [0.2, 0.25) is 18.1 Å². The van der Waals surface area contributed by atoms with Gasteiger partial charge >= 0.3 is 6.09 Å². The van der Waals surface area contributed by atoms with Gasteiger partial charge in [0.25, 0.3) is 5.91 Å². The summed E-state index contributed by atoms with van der Waals surface area (Å²) in [4.78, 5) is 49.4. The van der Waals surface area contributed by atoms with Gasteiger partial charge in [-0.05, 0) is 69.1 Å². The van der Waals surface area contributed by atoms with E-state index in [2.05, 4.69) is 49.2 Å². The Bertz CT molecular complexity index is 1280. The van der Waals surface area contributed by atoms with Crippen molar-refractivity contribution in [1.82, 2.24) is 10.3 Å². The SMILES string of the molecule is C[C@H](NC(=O)OC(C)(C)C)C(=O)N=CC1C(=O)N(CCO[Si](C)(C)C(C)(C)C)c2ncccc2-c2ccccc21. The van der Waals surface area contributed by atoms with Crippen LogP contribution in [0.3, 0.4) is 0 Å². The standard InChI is InChI=1S/C30H42N4O5Si/c1-20(33-28(37)39-29(2,3)4)26(35)32-19-24-22-14-11-10-13-21(22)23-15-12-16-31-25(23)34(27(24)36)17-18-38-40(8,9)30(5,6)7/h10-16,19-20,24H,17-18H2,1-9H3,(H,33,37)/t20-,24?/m0/s1. The molecule has 1 unspecified atom stereocenters. The molecule has 2 aromatic rings. The molecule has 2 heterocycles. The first-order valence-corrected chi connectivity index (χ1v) is 16.5. The van der Waals surface area contributed by atoms with Gasteiger partial charge in [-0.1, -0.05) is 45.0 Å². The molecule has 2 atom stereocenters. The highest BCUT2D eigenvalue weighted by Gasteiger charge is 2.38. The molecule has 0 saturated heterocycles. The molecular weight excluding hydrogens is 524 g/mol. The maximum atomic E-state index is 14.1. The Balaban J connectivity index is 1.91. The number of carbonyl (C=O) groups is 3. The summed E-state index contributed by atoms with van der Waals surface area (Å²) in [6.45, 7) is 18.3. The second kappa shape index (κ2) is 12.0. The molecule has 216 valence electrons. The maximum Gasteiger partial charge on any atom is 0.408 e. The normalized spacial score (nSPS) is 16.7. The Hall–Kier alpha value is -3.37. The van der Waals surface area contributed by atoms with Crippen molar-refractivity contribution < 1.29 is 23.5 Å². The third-order valence-corrected chi connectivity index (χ3v) is 11.7. The second-order valence-corrected chi connectivity index (χ2v) is 17.3. The van der Waals surface area contributed by atoms with E-state index in [0.29, 0.717) is 19.0 Å². The zero-order valence-corrected chi connectivity index (χ0v) is 26.1. The molecule has 9 nitrogen and oxygen atoms in total. The zero-order valence-electron chi connectivity index (χ0n) is 25.1. The Morgan fingerprint density at radius 3 is 2.40 bits per heavy atom. The van der Waals surface area contributed by atoms with Gasteiger partial charge in [0.1, 0.15) is 17.5 Å². The highest BCUT2D eigenvalue weighted by atomic mass is 28.4. The van der Waals surface area contributed by atoms with Crippen LogP contribution in [0.4, 0.5) is 10.6 Å². The fraction of sp³-hybridized carbons (Fsp3) is 0.500. The molecule has 3 rings (SSSR count). The van der Waals surface area contributed by atoms with E-state index in [0.717, 1.165) is 16.7 Å². The first-order chi connectivity index (χ1) is 18.5. The number of hydrogen-bond acceptors (Lipinski definition) is 6. The van der Waals surface area contributed by atoms with Gasteiger partial charge in [0.2, 0.25) is 5.91 Å². The minimum atomic E-state index is -2.04. The molecule has 40 heavy (non-hydrogen) atoms. The van der Waals surface area contributed by atoms with Gasteiger partial charge in [-0.3, -0.25) is 14.5 Å². The van der Waals surface area contributed by atoms with E-state index >= 15 is 0 Å². The lowest BCUT2D eigenvalue weighted by atomic mass is 9.92. The number of carbonyl (C=O) groups excluding carboxylic acids is 3. The van der Waals surface area contributed by atoms with Crippen LogP contribution >= 0.6 is 0 Å². The predicted molar refractivity (Wildman–Crippen MR) is 160 cm³/mol. The summed E-state index contributed by atoms with van der Waals surface area (Å²) in [5, 5.41) is 2.53. The molecular formula is C30H42N4O5Si. The highest BCUT2D eigenvalue weighted by Crippen LogP contribution is 2.40. The summed E-state index contributed by atoms with van der Waals surface area (Å²) in [6.07, 6.45) is 2.32. The van der Waals surface area contributed by atoms with Crippen molar-refractivity contribution in [1.29, 1.82) is 0 Å². The quantitative estimate of drug-likeness (QED) is 0.339. The van der Waals surface area contributed by atoms with Crippen LogP contribution in [0.25, 0.3) is 11.1 Å². The van der Waals surface area contributed by atoms with Gasteiger partial charge in [-0.2, -0.15) is 0 Å². The summed E-state index contributed by atoms with van der Waals surface area (Å²) >= 11 is 0. The summed E-state index contributed by atoms with van der Waals surface area (Å²) in [6, 6.07) is 10.4. The first kappa shape index (κ1) is 31.2. The third-order valence-electron chi connectivity index (χ3n) is 7.20. The van der Waals surface area contributed by atoms with Crippen LogP contribution < -0.4 is 10.2 Å². The number of amides is 3. The van der Waals surface area contributed by atoms with E-state index in [9.17, 15) is 14.4 Å². The number of pyridine rings is 1. The molecule has 3 amide bonds. The topological polar surface area (TPSA) is 110 Å². The molecule has 0 saturated carbocycles. The molecule has 10 heteroatoms. The predicted octanol–water partition coefficient (Wildman–Crippen LogP) is 5.71. The lowest BCUT2D eigenvalue weighted by molar-refractivity contribution is -0.119. The van der Waals surface area contributed by atoms with Gasteiger partial charge in [-0.15, -0.1) is 0 Å². The fourth-order valence-corrected chi connectivity index (χ4v) is 5.05. The van der Waals surface area contributed by atoms with Crippen molar-refractivity contribution in [3.8, 4) is 11.1 Å². The average Bonchev–Trinajstić information content (AvgIpc) is 2.94. The number of hydrogen-bond donors (Lipinski definition) is 1. The maximum absolute atomic E-state index is 14.1. The lowest BCUT2D eigenvalue weighted by Gasteiger charge is -2.36. The van der Waals surface area contributed by atoms with Crippen LogP contribution in [0.1, 0.15) is 59.9 Å². The Kier molecular flexibility index (Phi) is 9.36. The van der Waals surface area contributed by atoms with E-state index in [1.54, 1.807) is 31.9 Å². The summed E-state index contributed by atoms with van der Waals surface area (Å²) < 4.78 is 11.6. The van der Waals surface area contributed by atoms with Crippen molar-refractivity contribution >= 4 is 38.3 Å². The van der Waals surface area contributed by atoms with E-state index in [1.165, 1.54) is 13.1 Å². The van der Waals surface area contributed by atoms with Crippen LogP contribution in [-0.2, 0) is 18.8 Å². The molecule has 0 bridgehead atoms. The lowest BCUT2D eigenvalue weighted by Crippen LogP contribution is -2.44. The molecule has 0 fully saturated rings. The van der Waals surface area contributed by atoms with Gasteiger partial charge < -0.3 is 14.5 Å². The summed E-state index contributed by atoms with van der Waals surface area (Å²) in [5.74, 6) is -1.14. The molecule has 0 spiro atoms. The summed E-state index contributed by atoms with van der Waals surface area (Å²) in [7, 11) is -2.04. The number of nitrogens with zero attached hydrogens (tertiary/aromatic N) is 3. The van der Waals surface area contributed by atoms with Gasteiger partial charge in [-0.25, -0.2) is 14.8 Å². The summed E-state index contributed by atoms with van der Waals surface area (Å²) in [5.41, 5.74) is 1.68. The van der Waals surface area contributed by atoms with E-state index in [4.69, 9.17) is 9.16 Å². The molecule has 1 aliphatic rings. The van der Waals surface area contributed by atoms with Gasteiger partial charge in [0.15, 0.2) is 8.32 Å². The van der Waals surface area contributed by atoms with Crippen molar-refractivity contribution in [2.24, 2.45) is 4.99 Å². The first-order valence-electron chi connectivity index (χ1n) is 13.6. The molecule has 1 N–H and O–H groups in total. The zero-order chi connectivity index (χ0) is 29.9. The van der Waals surface area contributed by atoms with Crippen LogP contribution in [0.15, 0.2) is 47.6 Å². The molecule has 0 aliphatic carbocycles. The number of aromatic nitrogens is 1. The number of fused-ring (bicyclic) bond motifs is 3. The second-order valence-electron chi connectivity index (χ2n) is 12.5. The smallest absolute Gasteiger partial charge is 0.408 e. The number of anilines is 1. The Labute approximate surface area is 238 Å². The monoisotopic (exact) mass is 566 g/mol. The van der Waals surface area contributed by atoms with Crippen molar-refractivity contribution in [2.75, 3.05) is 18.1 Å². The highest BCUT2D eigenvalue weighted by molar-refractivity contribution is 6.74. The molecule has 1 aliphatic heterocycles. The van der Waals surface area contributed by atoms with E-state index < -0.39 is 37.9 Å². The average molecular weight is 567 g/mol. The molecule has 0 radical (unpaired) electrons. The third kappa shape index (κ3) is 7.42.